The standard InChI is InChI=1S/C13H21N5O2/c1-10-7-17(5-6-20-10)13(19)9-16-3-4-18-11(2)14-15-12(18)8-16/h10H,3-9H2,1-2H3/t10-/m1/s1. The van der Waals surface area contributed by atoms with Crippen LogP contribution in [0.5, 0.6) is 0 Å². The molecule has 3 rings (SSSR count). The fraction of sp³-hybridized carbons (Fsp3) is 0.769. The van der Waals surface area contributed by atoms with Crippen molar-refractivity contribution in [3.05, 3.63) is 11.6 Å². The first-order valence-corrected chi connectivity index (χ1v) is 7.14. The van der Waals surface area contributed by atoms with Crippen molar-refractivity contribution in [3.63, 3.8) is 0 Å². The molecule has 1 amide bonds. The van der Waals surface area contributed by atoms with Gasteiger partial charge in [0, 0.05) is 26.2 Å². The summed E-state index contributed by atoms with van der Waals surface area (Å²) in [7, 11) is 0. The van der Waals surface area contributed by atoms with E-state index in [1.165, 1.54) is 0 Å². The first kappa shape index (κ1) is 13.5. The maximum absolute atomic E-state index is 12.3. The third-order valence-corrected chi connectivity index (χ3v) is 3.97. The average Bonchev–Trinajstić information content (AvgIpc) is 2.80. The zero-order valence-electron chi connectivity index (χ0n) is 12.1. The van der Waals surface area contributed by atoms with Crippen LogP contribution in [0.25, 0.3) is 0 Å². The van der Waals surface area contributed by atoms with Crippen LogP contribution in [0.4, 0.5) is 0 Å². The van der Waals surface area contributed by atoms with E-state index in [0.717, 1.165) is 24.7 Å². The van der Waals surface area contributed by atoms with Gasteiger partial charge in [0.25, 0.3) is 0 Å². The summed E-state index contributed by atoms with van der Waals surface area (Å²) in [6.45, 7) is 8.90. The van der Waals surface area contributed by atoms with Gasteiger partial charge in [-0.1, -0.05) is 0 Å². The molecule has 20 heavy (non-hydrogen) atoms. The highest BCUT2D eigenvalue weighted by Crippen LogP contribution is 2.12. The molecule has 110 valence electrons. The van der Waals surface area contributed by atoms with Crippen LogP contribution in [-0.2, 0) is 22.6 Å². The molecule has 2 aliphatic rings. The van der Waals surface area contributed by atoms with E-state index in [0.29, 0.717) is 32.8 Å². The molecule has 1 fully saturated rings. The third kappa shape index (κ3) is 2.69. The van der Waals surface area contributed by atoms with Crippen molar-refractivity contribution < 1.29 is 9.53 Å². The van der Waals surface area contributed by atoms with Crippen LogP contribution < -0.4 is 0 Å². The van der Waals surface area contributed by atoms with Gasteiger partial charge in [0.2, 0.25) is 5.91 Å². The van der Waals surface area contributed by atoms with Gasteiger partial charge in [-0.05, 0) is 13.8 Å². The maximum atomic E-state index is 12.3. The van der Waals surface area contributed by atoms with Crippen molar-refractivity contribution in [3.8, 4) is 0 Å². The molecule has 0 radical (unpaired) electrons. The van der Waals surface area contributed by atoms with Crippen molar-refractivity contribution in [1.29, 1.82) is 0 Å². The van der Waals surface area contributed by atoms with Crippen molar-refractivity contribution >= 4 is 5.91 Å². The van der Waals surface area contributed by atoms with Gasteiger partial charge in [-0.2, -0.15) is 0 Å². The molecule has 0 spiro atoms. The molecule has 0 unspecified atom stereocenters. The third-order valence-electron chi connectivity index (χ3n) is 3.97. The number of ether oxygens (including phenoxy) is 1. The predicted octanol–water partition coefficient (Wildman–Crippen LogP) is -0.351. The molecular formula is C13H21N5O2. The lowest BCUT2D eigenvalue weighted by atomic mass is 10.2. The lowest BCUT2D eigenvalue weighted by Gasteiger charge is -2.34. The fourth-order valence-electron chi connectivity index (χ4n) is 2.82. The molecule has 0 saturated carbocycles. The Morgan fingerprint density at radius 3 is 3.00 bits per heavy atom. The largest absolute Gasteiger partial charge is 0.375 e. The Bertz CT molecular complexity index is 501. The van der Waals surface area contributed by atoms with Gasteiger partial charge in [-0.15, -0.1) is 10.2 Å². The second kappa shape index (κ2) is 5.49. The number of rotatable bonds is 2. The minimum absolute atomic E-state index is 0.139. The van der Waals surface area contributed by atoms with Crippen LogP contribution in [0.3, 0.4) is 0 Å². The Hall–Kier alpha value is -1.47. The number of nitrogens with zero attached hydrogens (tertiary/aromatic N) is 5. The molecule has 0 aromatic carbocycles. The van der Waals surface area contributed by atoms with Crippen LogP contribution in [0.2, 0.25) is 0 Å². The normalized spacial score (nSPS) is 23.7. The Labute approximate surface area is 118 Å². The second-order valence-electron chi connectivity index (χ2n) is 5.55. The summed E-state index contributed by atoms with van der Waals surface area (Å²) >= 11 is 0. The van der Waals surface area contributed by atoms with Gasteiger partial charge in [-0.3, -0.25) is 9.69 Å². The summed E-state index contributed by atoms with van der Waals surface area (Å²) in [5.74, 6) is 2.09. The Morgan fingerprint density at radius 1 is 1.35 bits per heavy atom. The number of hydrogen-bond donors (Lipinski definition) is 0. The van der Waals surface area contributed by atoms with Crippen LogP contribution in [0, 0.1) is 6.92 Å². The van der Waals surface area contributed by atoms with Crippen molar-refractivity contribution in [2.24, 2.45) is 0 Å². The van der Waals surface area contributed by atoms with E-state index in [4.69, 9.17) is 4.74 Å². The Kier molecular flexibility index (Phi) is 3.71. The number of hydrogen-bond acceptors (Lipinski definition) is 5. The SMILES string of the molecule is Cc1nnc2n1CCN(CC(=O)N1CCO[C@H](C)C1)C2. The zero-order chi connectivity index (χ0) is 14.1. The second-order valence-corrected chi connectivity index (χ2v) is 5.55. The van der Waals surface area contributed by atoms with Crippen molar-refractivity contribution in [2.45, 2.75) is 33.0 Å². The summed E-state index contributed by atoms with van der Waals surface area (Å²) in [4.78, 5) is 16.4. The maximum Gasteiger partial charge on any atom is 0.236 e. The van der Waals surface area contributed by atoms with E-state index in [-0.39, 0.29) is 12.0 Å². The van der Waals surface area contributed by atoms with E-state index >= 15 is 0 Å². The molecule has 1 aromatic rings. The Morgan fingerprint density at radius 2 is 2.20 bits per heavy atom. The molecular weight excluding hydrogens is 258 g/mol. The van der Waals surface area contributed by atoms with E-state index in [1.54, 1.807) is 0 Å². The van der Waals surface area contributed by atoms with Gasteiger partial charge in [0.05, 0.1) is 25.8 Å². The van der Waals surface area contributed by atoms with Crippen LogP contribution in [-0.4, -0.2) is 69.4 Å². The number of carbonyl (C=O) groups is 1. The molecule has 2 aliphatic heterocycles. The number of aryl methyl sites for hydroxylation is 1. The number of morpholine rings is 1. The number of amides is 1. The summed E-state index contributed by atoms with van der Waals surface area (Å²) in [5.41, 5.74) is 0. The minimum Gasteiger partial charge on any atom is -0.375 e. The van der Waals surface area contributed by atoms with E-state index in [2.05, 4.69) is 19.7 Å². The molecule has 0 aliphatic carbocycles. The van der Waals surface area contributed by atoms with Gasteiger partial charge in [0.15, 0.2) is 0 Å². The molecule has 7 nitrogen and oxygen atoms in total. The van der Waals surface area contributed by atoms with Gasteiger partial charge < -0.3 is 14.2 Å². The van der Waals surface area contributed by atoms with Gasteiger partial charge >= 0.3 is 0 Å². The highest BCUT2D eigenvalue weighted by molar-refractivity contribution is 5.78. The molecule has 0 N–H and O–H groups in total. The van der Waals surface area contributed by atoms with Crippen molar-refractivity contribution in [1.82, 2.24) is 24.6 Å². The van der Waals surface area contributed by atoms with E-state index < -0.39 is 0 Å². The van der Waals surface area contributed by atoms with Gasteiger partial charge in [-0.25, -0.2) is 0 Å². The highest BCUT2D eigenvalue weighted by Gasteiger charge is 2.25. The molecule has 7 heteroatoms. The monoisotopic (exact) mass is 279 g/mol. The summed E-state index contributed by atoms with van der Waals surface area (Å²) < 4.78 is 7.59. The number of fused-ring (bicyclic) bond motifs is 1. The minimum atomic E-state index is 0.139. The quantitative estimate of drug-likeness (QED) is 0.740. The molecule has 1 aromatic heterocycles. The molecule has 1 atom stereocenters. The fourth-order valence-corrected chi connectivity index (χ4v) is 2.82. The first-order valence-electron chi connectivity index (χ1n) is 7.14. The first-order chi connectivity index (χ1) is 9.63. The van der Waals surface area contributed by atoms with Crippen LogP contribution in [0.15, 0.2) is 0 Å². The molecule has 1 saturated heterocycles. The highest BCUT2D eigenvalue weighted by atomic mass is 16.5. The van der Waals surface area contributed by atoms with Crippen LogP contribution >= 0.6 is 0 Å². The van der Waals surface area contributed by atoms with E-state index in [1.807, 2.05) is 18.7 Å². The Balaban J connectivity index is 1.57. The van der Waals surface area contributed by atoms with Gasteiger partial charge in [0.1, 0.15) is 11.6 Å². The summed E-state index contributed by atoms with van der Waals surface area (Å²) in [6, 6.07) is 0. The zero-order valence-corrected chi connectivity index (χ0v) is 12.1. The topological polar surface area (TPSA) is 63.5 Å². The van der Waals surface area contributed by atoms with Crippen LogP contribution in [0.1, 0.15) is 18.6 Å². The van der Waals surface area contributed by atoms with E-state index in [9.17, 15) is 4.79 Å². The average molecular weight is 279 g/mol. The lowest BCUT2D eigenvalue weighted by Crippen LogP contribution is -2.49. The molecule has 0 bridgehead atoms. The van der Waals surface area contributed by atoms with Crippen molar-refractivity contribution in [2.75, 3.05) is 32.8 Å². The smallest absolute Gasteiger partial charge is 0.236 e. The predicted molar refractivity (Wildman–Crippen MR) is 72.0 cm³/mol. The number of carbonyl (C=O) groups excluding carboxylic acids is 1. The number of aromatic nitrogens is 3. The lowest BCUT2D eigenvalue weighted by molar-refractivity contribution is -0.139. The summed E-state index contributed by atoms with van der Waals surface area (Å²) in [6.07, 6.45) is 0.139. The summed E-state index contributed by atoms with van der Waals surface area (Å²) in [5, 5.41) is 8.25. The molecule has 3 heterocycles.